The van der Waals surface area contributed by atoms with E-state index in [1.807, 2.05) is 35.0 Å². The van der Waals surface area contributed by atoms with Crippen LogP contribution in [0.1, 0.15) is 5.56 Å². The zero-order chi connectivity index (χ0) is 14.1. The molecule has 0 saturated carbocycles. The average molecular weight is 273 g/mol. The van der Waals surface area contributed by atoms with Crippen LogP contribution >= 0.6 is 0 Å². The van der Waals surface area contributed by atoms with E-state index < -0.39 is 11.6 Å². The number of methoxy groups -OCH3 is 1. The Labute approximate surface area is 115 Å². The summed E-state index contributed by atoms with van der Waals surface area (Å²) in [5.74, 6) is -0.0616. The van der Waals surface area contributed by atoms with E-state index in [0.29, 0.717) is 12.1 Å². The second-order valence-corrected chi connectivity index (χ2v) is 4.60. The molecule has 20 heavy (non-hydrogen) atoms. The molecule has 0 unspecified atom stereocenters. The number of fused-ring (bicyclic) bond motifs is 1. The highest BCUT2D eigenvalue weighted by molar-refractivity contribution is 5.81. The van der Waals surface area contributed by atoms with Crippen molar-refractivity contribution in [2.45, 2.75) is 6.54 Å². The molecule has 3 rings (SSSR count). The van der Waals surface area contributed by atoms with Crippen molar-refractivity contribution in [3.8, 4) is 5.75 Å². The van der Waals surface area contributed by atoms with E-state index in [4.69, 9.17) is 4.74 Å². The molecule has 0 aliphatic rings. The maximum Gasteiger partial charge on any atom is 0.128 e. The molecule has 4 heteroatoms. The van der Waals surface area contributed by atoms with Gasteiger partial charge in [-0.05, 0) is 42.5 Å². The molecule has 0 N–H and O–H groups in total. The van der Waals surface area contributed by atoms with Crippen LogP contribution in [0.15, 0.2) is 48.7 Å². The third kappa shape index (κ3) is 2.25. The summed E-state index contributed by atoms with van der Waals surface area (Å²) in [7, 11) is 1.61. The summed E-state index contributed by atoms with van der Waals surface area (Å²) < 4.78 is 33.9. The van der Waals surface area contributed by atoms with E-state index >= 15 is 0 Å². The van der Waals surface area contributed by atoms with E-state index in [9.17, 15) is 8.78 Å². The largest absolute Gasteiger partial charge is 0.497 e. The van der Waals surface area contributed by atoms with Crippen molar-refractivity contribution in [3.05, 3.63) is 65.9 Å². The molecular formula is C16H13F2NO. The number of aromatic nitrogens is 1. The molecular weight excluding hydrogens is 260 g/mol. The van der Waals surface area contributed by atoms with Gasteiger partial charge in [-0.2, -0.15) is 0 Å². The van der Waals surface area contributed by atoms with Crippen molar-refractivity contribution < 1.29 is 13.5 Å². The Balaban J connectivity index is 2.00. The summed E-state index contributed by atoms with van der Waals surface area (Å²) >= 11 is 0. The number of benzene rings is 2. The van der Waals surface area contributed by atoms with Crippen LogP contribution in [0.3, 0.4) is 0 Å². The Kier molecular flexibility index (Phi) is 3.14. The van der Waals surface area contributed by atoms with E-state index in [1.54, 1.807) is 7.11 Å². The van der Waals surface area contributed by atoms with Gasteiger partial charge in [0.05, 0.1) is 13.7 Å². The lowest BCUT2D eigenvalue weighted by molar-refractivity contribution is 0.415. The first kappa shape index (κ1) is 12.7. The van der Waals surface area contributed by atoms with Crippen LogP contribution in [0, 0.1) is 11.6 Å². The fourth-order valence-corrected chi connectivity index (χ4v) is 2.29. The normalized spacial score (nSPS) is 10.9. The van der Waals surface area contributed by atoms with E-state index in [2.05, 4.69) is 0 Å². The van der Waals surface area contributed by atoms with Crippen molar-refractivity contribution >= 4 is 10.9 Å². The first-order chi connectivity index (χ1) is 9.67. The van der Waals surface area contributed by atoms with Crippen LogP contribution in [0.25, 0.3) is 10.9 Å². The molecule has 0 atom stereocenters. The van der Waals surface area contributed by atoms with Crippen LogP contribution < -0.4 is 4.74 Å². The van der Waals surface area contributed by atoms with Gasteiger partial charge >= 0.3 is 0 Å². The number of rotatable bonds is 3. The summed E-state index contributed by atoms with van der Waals surface area (Å²) in [6, 6.07) is 11.1. The zero-order valence-electron chi connectivity index (χ0n) is 10.9. The van der Waals surface area contributed by atoms with Crippen molar-refractivity contribution in [2.24, 2.45) is 0 Å². The molecule has 1 heterocycles. The topological polar surface area (TPSA) is 14.2 Å². The van der Waals surface area contributed by atoms with Crippen LogP contribution in [0.5, 0.6) is 5.75 Å². The van der Waals surface area contributed by atoms with Crippen molar-refractivity contribution in [1.29, 1.82) is 0 Å². The second-order valence-electron chi connectivity index (χ2n) is 4.60. The van der Waals surface area contributed by atoms with Gasteiger partial charge < -0.3 is 9.30 Å². The third-order valence-corrected chi connectivity index (χ3v) is 3.33. The molecule has 0 aliphatic heterocycles. The molecule has 102 valence electrons. The monoisotopic (exact) mass is 273 g/mol. The van der Waals surface area contributed by atoms with Crippen molar-refractivity contribution in [3.63, 3.8) is 0 Å². The van der Waals surface area contributed by atoms with Gasteiger partial charge in [-0.1, -0.05) is 0 Å². The number of ether oxygens (including phenoxy) is 1. The predicted octanol–water partition coefficient (Wildman–Crippen LogP) is 3.98. The van der Waals surface area contributed by atoms with E-state index in [0.717, 1.165) is 28.8 Å². The number of halogens is 2. The first-order valence-corrected chi connectivity index (χ1v) is 6.24. The Morgan fingerprint density at radius 3 is 2.70 bits per heavy atom. The van der Waals surface area contributed by atoms with Crippen LogP contribution in [0.4, 0.5) is 8.78 Å². The molecule has 0 amide bonds. The second kappa shape index (κ2) is 4.96. The quantitative estimate of drug-likeness (QED) is 0.704. The van der Waals surface area contributed by atoms with Gasteiger partial charge in [-0.15, -0.1) is 0 Å². The van der Waals surface area contributed by atoms with E-state index in [-0.39, 0.29) is 0 Å². The predicted molar refractivity (Wildman–Crippen MR) is 74.0 cm³/mol. The number of nitrogens with zero attached hydrogens (tertiary/aromatic N) is 1. The number of hydrogen-bond donors (Lipinski definition) is 0. The van der Waals surface area contributed by atoms with Gasteiger partial charge in [0.15, 0.2) is 0 Å². The molecule has 3 aromatic rings. The molecule has 2 nitrogen and oxygen atoms in total. The Bertz CT molecular complexity index is 764. The smallest absolute Gasteiger partial charge is 0.128 e. The molecule has 2 aromatic carbocycles. The maximum absolute atomic E-state index is 13.7. The van der Waals surface area contributed by atoms with Gasteiger partial charge in [0.1, 0.15) is 17.4 Å². The average Bonchev–Trinajstić information content (AvgIpc) is 2.85. The highest BCUT2D eigenvalue weighted by Crippen LogP contribution is 2.23. The van der Waals surface area contributed by atoms with Gasteiger partial charge in [-0.3, -0.25) is 0 Å². The van der Waals surface area contributed by atoms with E-state index in [1.165, 1.54) is 6.07 Å². The highest BCUT2D eigenvalue weighted by atomic mass is 19.1. The molecule has 0 aliphatic carbocycles. The molecule has 0 spiro atoms. The maximum atomic E-state index is 13.7. The summed E-state index contributed by atoms with van der Waals surface area (Å²) in [5.41, 5.74) is 1.28. The van der Waals surface area contributed by atoms with Gasteiger partial charge in [0.2, 0.25) is 0 Å². The highest BCUT2D eigenvalue weighted by Gasteiger charge is 2.07. The Hall–Kier alpha value is -2.36. The first-order valence-electron chi connectivity index (χ1n) is 6.24. The van der Waals surface area contributed by atoms with Crippen molar-refractivity contribution in [1.82, 2.24) is 4.57 Å². The lowest BCUT2D eigenvalue weighted by atomic mass is 10.2. The zero-order valence-corrected chi connectivity index (χ0v) is 10.9. The molecule has 1 aromatic heterocycles. The minimum Gasteiger partial charge on any atom is -0.497 e. The Morgan fingerprint density at radius 2 is 1.90 bits per heavy atom. The standard InChI is InChI=1S/C16H13F2NO/c1-20-14-3-5-16-11(9-14)6-7-19(16)10-12-8-13(17)2-4-15(12)18/h2-9H,10H2,1H3. The fourth-order valence-electron chi connectivity index (χ4n) is 2.29. The minimum absolute atomic E-state index is 0.291. The van der Waals surface area contributed by atoms with Gasteiger partial charge in [0, 0.05) is 22.7 Å². The minimum atomic E-state index is -0.431. The molecule has 0 saturated heterocycles. The SMILES string of the molecule is COc1ccc2c(ccn2Cc2cc(F)ccc2F)c1. The Morgan fingerprint density at radius 1 is 1.05 bits per heavy atom. The molecule has 0 bridgehead atoms. The van der Waals surface area contributed by atoms with Gasteiger partial charge in [0.25, 0.3) is 0 Å². The van der Waals surface area contributed by atoms with Gasteiger partial charge in [-0.25, -0.2) is 8.78 Å². The summed E-state index contributed by atoms with van der Waals surface area (Å²) in [4.78, 5) is 0. The molecule has 0 fully saturated rings. The summed E-state index contributed by atoms with van der Waals surface area (Å²) in [5, 5.41) is 1.00. The summed E-state index contributed by atoms with van der Waals surface area (Å²) in [6.07, 6.45) is 1.86. The van der Waals surface area contributed by atoms with Crippen molar-refractivity contribution in [2.75, 3.05) is 7.11 Å². The lowest BCUT2D eigenvalue weighted by Gasteiger charge is -2.07. The lowest BCUT2D eigenvalue weighted by Crippen LogP contribution is -2.01. The third-order valence-electron chi connectivity index (χ3n) is 3.33. The van der Waals surface area contributed by atoms with Crippen LogP contribution in [-0.4, -0.2) is 11.7 Å². The number of hydrogen-bond acceptors (Lipinski definition) is 1. The van der Waals surface area contributed by atoms with Crippen LogP contribution in [-0.2, 0) is 6.54 Å². The molecule has 0 radical (unpaired) electrons. The fraction of sp³-hybridized carbons (Fsp3) is 0.125. The van der Waals surface area contributed by atoms with Crippen LogP contribution in [0.2, 0.25) is 0 Å². The summed E-state index contributed by atoms with van der Waals surface area (Å²) in [6.45, 7) is 0.291.